The molecule has 0 aliphatic carbocycles. The molecule has 2 aromatic heterocycles. The van der Waals surface area contributed by atoms with Crippen LogP contribution in [0.5, 0.6) is 0 Å². The lowest BCUT2D eigenvalue weighted by molar-refractivity contribution is -0.117. The molecule has 2 aromatic rings. The van der Waals surface area contributed by atoms with Crippen molar-refractivity contribution in [2.24, 2.45) is 5.41 Å². The van der Waals surface area contributed by atoms with Gasteiger partial charge in [0.1, 0.15) is 5.82 Å². The van der Waals surface area contributed by atoms with Crippen LogP contribution in [0.2, 0.25) is 0 Å². The lowest BCUT2D eigenvalue weighted by atomic mass is 9.92. The van der Waals surface area contributed by atoms with E-state index in [4.69, 9.17) is 4.98 Å². The van der Waals surface area contributed by atoms with E-state index in [1.165, 1.54) is 11.3 Å². The van der Waals surface area contributed by atoms with Crippen molar-refractivity contribution in [1.29, 1.82) is 0 Å². The van der Waals surface area contributed by atoms with E-state index < -0.39 is 0 Å². The van der Waals surface area contributed by atoms with Crippen LogP contribution in [0.3, 0.4) is 0 Å². The average Bonchev–Trinajstić information content (AvgIpc) is 2.55. The summed E-state index contributed by atoms with van der Waals surface area (Å²) in [4.78, 5) is 23.5. The highest BCUT2D eigenvalue weighted by Gasteiger charge is 2.22. The molecule has 0 radical (unpaired) electrons. The number of amides is 1. The molecule has 1 N–H and O–H groups in total. The Kier molecular flexibility index (Phi) is 5.25. The first-order valence-corrected chi connectivity index (χ1v) is 9.26. The maximum absolute atomic E-state index is 12.3. The van der Waals surface area contributed by atoms with Gasteiger partial charge in [-0.15, -0.1) is 0 Å². The fraction of sp³-hybridized carbons (Fsp3) is 0.476. The van der Waals surface area contributed by atoms with Gasteiger partial charge in [0.05, 0.1) is 11.4 Å². The molecule has 0 atom stereocenters. The van der Waals surface area contributed by atoms with Gasteiger partial charge in [0.25, 0.3) is 0 Å². The molecule has 5 nitrogen and oxygen atoms in total. The Labute approximate surface area is 155 Å². The molecular formula is C21H28N4O. The number of nitrogens with zero attached hydrogens (tertiary/aromatic N) is 3. The van der Waals surface area contributed by atoms with Crippen LogP contribution in [0, 0.1) is 12.3 Å². The van der Waals surface area contributed by atoms with Crippen molar-refractivity contribution in [2.75, 3.05) is 16.8 Å². The molecule has 26 heavy (non-hydrogen) atoms. The quantitative estimate of drug-likeness (QED) is 0.899. The third-order valence-electron chi connectivity index (χ3n) is 4.52. The number of nitrogens with one attached hydrogen (secondary N) is 1. The Balaban J connectivity index is 1.80. The van der Waals surface area contributed by atoms with Gasteiger partial charge in [0, 0.05) is 31.9 Å². The Bertz CT molecular complexity index is 781. The van der Waals surface area contributed by atoms with Crippen LogP contribution in [-0.2, 0) is 17.8 Å². The first-order valence-electron chi connectivity index (χ1n) is 9.26. The van der Waals surface area contributed by atoms with Crippen molar-refractivity contribution in [1.82, 2.24) is 9.97 Å². The molecule has 3 heterocycles. The van der Waals surface area contributed by atoms with Crippen molar-refractivity contribution in [2.45, 2.75) is 53.5 Å². The maximum atomic E-state index is 12.3. The summed E-state index contributed by atoms with van der Waals surface area (Å²) < 4.78 is 0. The number of fused-ring (bicyclic) bond motifs is 1. The summed E-state index contributed by atoms with van der Waals surface area (Å²) in [7, 11) is 0. The minimum Gasteiger partial charge on any atom is -0.366 e. The third-order valence-corrected chi connectivity index (χ3v) is 4.52. The van der Waals surface area contributed by atoms with Gasteiger partial charge in [-0.1, -0.05) is 20.8 Å². The molecule has 0 bridgehead atoms. The van der Waals surface area contributed by atoms with Crippen LogP contribution >= 0.6 is 0 Å². The molecule has 0 fully saturated rings. The van der Waals surface area contributed by atoms with Crippen LogP contribution < -0.4 is 10.2 Å². The fourth-order valence-electron chi connectivity index (χ4n) is 3.31. The topological polar surface area (TPSA) is 58.1 Å². The number of aromatic nitrogens is 2. The Morgan fingerprint density at radius 2 is 2.00 bits per heavy atom. The minimum atomic E-state index is -0.0342. The van der Waals surface area contributed by atoms with Gasteiger partial charge in [0.2, 0.25) is 5.91 Å². The number of carbonyl (C=O) groups excluding carboxylic acids is 1. The van der Waals surface area contributed by atoms with E-state index in [-0.39, 0.29) is 11.3 Å². The zero-order chi connectivity index (χ0) is 18.7. The second-order valence-electron chi connectivity index (χ2n) is 8.29. The Morgan fingerprint density at radius 3 is 2.69 bits per heavy atom. The molecule has 0 aromatic carbocycles. The molecule has 0 saturated heterocycles. The number of anilines is 2. The standard InChI is InChI=1S/C21H28N4O/c1-15-12-18-17(23-20(15)24-19(26)13-21(2,3)4)6-5-11-25(18)14-16-7-9-22-10-8-16/h7-10,12H,5-6,11,13-14H2,1-4H3,(H,23,24,26). The summed E-state index contributed by atoms with van der Waals surface area (Å²) in [5.74, 6) is 0.723. The average molecular weight is 352 g/mol. The first-order chi connectivity index (χ1) is 12.3. The molecule has 138 valence electrons. The number of hydrogen-bond acceptors (Lipinski definition) is 4. The lowest BCUT2D eigenvalue weighted by Gasteiger charge is -2.31. The molecule has 0 saturated carbocycles. The Morgan fingerprint density at radius 1 is 1.27 bits per heavy atom. The van der Waals surface area contributed by atoms with E-state index in [0.29, 0.717) is 12.2 Å². The van der Waals surface area contributed by atoms with Crippen molar-refractivity contribution in [3.63, 3.8) is 0 Å². The molecule has 1 aliphatic heterocycles. The van der Waals surface area contributed by atoms with Gasteiger partial charge in [-0.05, 0) is 54.5 Å². The van der Waals surface area contributed by atoms with E-state index in [9.17, 15) is 4.79 Å². The Hall–Kier alpha value is -2.43. The van der Waals surface area contributed by atoms with Gasteiger partial charge < -0.3 is 10.2 Å². The third kappa shape index (κ3) is 4.59. The smallest absolute Gasteiger partial charge is 0.226 e. The van der Waals surface area contributed by atoms with Crippen LogP contribution in [-0.4, -0.2) is 22.4 Å². The van der Waals surface area contributed by atoms with Crippen molar-refractivity contribution in [3.05, 3.63) is 47.4 Å². The molecular weight excluding hydrogens is 324 g/mol. The predicted molar refractivity (Wildman–Crippen MR) is 105 cm³/mol. The summed E-state index contributed by atoms with van der Waals surface area (Å²) in [5.41, 5.74) is 4.47. The molecule has 0 spiro atoms. The van der Waals surface area contributed by atoms with Gasteiger partial charge in [-0.25, -0.2) is 4.98 Å². The minimum absolute atomic E-state index is 0.0255. The highest BCUT2D eigenvalue weighted by Crippen LogP contribution is 2.31. The van der Waals surface area contributed by atoms with Gasteiger partial charge in [-0.2, -0.15) is 0 Å². The van der Waals surface area contributed by atoms with E-state index in [1.54, 1.807) is 0 Å². The van der Waals surface area contributed by atoms with E-state index >= 15 is 0 Å². The highest BCUT2D eigenvalue weighted by molar-refractivity contribution is 5.91. The first kappa shape index (κ1) is 18.4. The van der Waals surface area contributed by atoms with Crippen molar-refractivity contribution >= 4 is 17.4 Å². The van der Waals surface area contributed by atoms with E-state index in [1.807, 2.05) is 19.3 Å². The SMILES string of the molecule is Cc1cc2c(nc1NC(=O)CC(C)(C)C)CCCN2Cc1ccncc1. The highest BCUT2D eigenvalue weighted by atomic mass is 16.1. The summed E-state index contributed by atoms with van der Waals surface area (Å²) in [5, 5.41) is 3.00. The molecule has 5 heteroatoms. The van der Waals surface area contributed by atoms with Gasteiger partial charge >= 0.3 is 0 Å². The summed E-state index contributed by atoms with van der Waals surface area (Å²) in [6.07, 6.45) is 6.17. The molecule has 1 amide bonds. The zero-order valence-electron chi connectivity index (χ0n) is 16.2. The summed E-state index contributed by atoms with van der Waals surface area (Å²) in [6, 6.07) is 6.26. The van der Waals surface area contributed by atoms with Crippen molar-refractivity contribution < 1.29 is 4.79 Å². The normalized spacial score (nSPS) is 14.1. The molecule has 0 unspecified atom stereocenters. The van der Waals surface area contributed by atoms with Crippen molar-refractivity contribution in [3.8, 4) is 0 Å². The van der Waals surface area contributed by atoms with Crippen LogP contribution in [0.1, 0.15) is 50.4 Å². The fourth-order valence-corrected chi connectivity index (χ4v) is 3.31. The maximum Gasteiger partial charge on any atom is 0.226 e. The molecule has 1 aliphatic rings. The number of aryl methyl sites for hydroxylation is 2. The predicted octanol–water partition coefficient (Wildman–Crippen LogP) is 4.11. The van der Waals surface area contributed by atoms with Crippen LogP contribution in [0.4, 0.5) is 11.5 Å². The van der Waals surface area contributed by atoms with Crippen LogP contribution in [0.25, 0.3) is 0 Å². The van der Waals surface area contributed by atoms with Gasteiger partial charge in [-0.3, -0.25) is 9.78 Å². The zero-order valence-corrected chi connectivity index (χ0v) is 16.2. The largest absolute Gasteiger partial charge is 0.366 e. The summed E-state index contributed by atoms with van der Waals surface area (Å²) >= 11 is 0. The summed E-state index contributed by atoms with van der Waals surface area (Å²) in [6.45, 7) is 10.1. The monoisotopic (exact) mass is 352 g/mol. The number of rotatable bonds is 4. The second-order valence-corrected chi connectivity index (χ2v) is 8.29. The number of carbonyl (C=O) groups is 1. The van der Waals surface area contributed by atoms with E-state index in [2.05, 4.69) is 54.2 Å². The lowest BCUT2D eigenvalue weighted by Crippen LogP contribution is -2.30. The van der Waals surface area contributed by atoms with E-state index in [0.717, 1.165) is 37.2 Å². The molecule has 3 rings (SSSR count). The van der Waals surface area contributed by atoms with Gasteiger partial charge in [0.15, 0.2) is 0 Å². The number of hydrogen-bond donors (Lipinski definition) is 1. The number of pyridine rings is 2. The second kappa shape index (κ2) is 7.44. The van der Waals surface area contributed by atoms with Crippen LogP contribution in [0.15, 0.2) is 30.6 Å².